The van der Waals surface area contributed by atoms with Crippen LogP contribution in [-0.4, -0.2) is 36.3 Å². The fourth-order valence-corrected chi connectivity index (χ4v) is 3.40. The molecule has 2 N–H and O–H groups in total. The van der Waals surface area contributed by atoms with E-state index in [1.54, 1.807) is 0 Å². The van der Waals surface area contributed by atoms with E-state index in [1.165, 1.54) is 11.3 Å². The Kier molecular flexibility index (Phi) is 4.50. The number of amides is 2. The van der Waals surface area contributed by atoms with E-state index in [1.807, 2.05) is 52.7 Å². The van der Waals surface area contributed by atoms with Crippen molar-refractivity contribution in [1.82, 2.24) is 10.2 Å². The number of anilines is 1. The molecule has 2 amide bonds. The maximum absolute atomic E-state index is 12.2. The van der Waals surface area contributed by atoms with Gasteiger partial charge in [0.1, 0.15) is 6.04 Å². The molecule has 1 fully saturated rings. The summed E-state index contributed by atoms with van der Waals surface area (Å²) in [5.41, 5.74) is 0.765. The molecule has 1 aliphatic rings. The van der Waals surface area contributed by atoms with Crippen LogP contribution in [0.2, 0.25) is 0 Å². The van der Waals surface area contributed by atoms with Gasteiger partial charge < -0.3 is 10.6 Å². The number of piperazine rings is 1. The molecule has 0 saturated carbocycles. The molecule has 1 aromatic carbocycles. The lowest BCUT2D eigenvalue weighted by Gasteiger charge is -2.33. The fraction of sp³-hybridized carbons (Fsp3) is 0.250. The standard InChI is InChI=1S/C16H17N3O2S/c20-14(18-12-5-2-1-3-6-12)11-19-9-8-17-16(21)15(19)13-7-4-10-22-13/h1-7,10,15H,8-9,11H2,(H,17,21)(H,18,20)/t15-/m0/s1. The molecule has 6 heteroatoms. The molecule has 3 rings (SSSR count). The SMILES string of the molecule is O=C(CN1CCNC(=O)[C@@H]1c1cccs1)Nc1ccccc1. The summed E-state index contributed by atoms with van der Waals surface area (Å²) in [4.78, 5) is 27.3. The Morgan fingerprint density at radius 2 is 2.09 bits per heavy atom. The second-order valence-corrected chi connectivity index (χ2v) is 6.07. The van der Waals surface area contributed by atoms with E-state index in [9.17, 15) is 9.59 Å². The van der Waals surface area contributed by atoms with Gasteiger partial charge in [-0.2, -0.15) is 0 Å². The summed E-state index contributed by atoms with van der Waals surface area (Å²) in [5.74, 6) is -0.149. The highest BCUT2D eigenvalue weighted by atomic mass is 32.1. The summed E-state index contributed by atoms with van der Waals surface area (Å²) in [6, 6.07) is 12.8. The van der Waals surface area contributed by atoms with E-state index in [2.05, 4.69) is 10.6 Å². The molecule has 5 nitrogen and oxygen atoms in total. The fourth-order valence-electron chi connectivity index (χ4n) is 2.55. The summed E-state index contributed by atoms with van der Waals surface area (Å²) in [6.45, 7) is 1.43. The van der Waals surface area contributed by atoms with E-state index < -0.39 is 0 Å². The van der Waals surface area contributed by atoms with Gasteiger partial charge >= 0.3 is 0 Å². The van der Waals surface area contributed by atoms with Crippen LogP contribution in [0.3, 0.4) is 0 Å². The normalized spacial score (nSPS) is 18.7. The van der Waals surface area contributed by atoms with Crippen molar-refractivity contribution in [1.29, 1.82) is 0 Å². The van der Waals surface area contributed by atoms with Gasteiger partial charge in [0.15, 0.2) is 0 Å². The third-order valence-electron chi connectivity index (χ3n) is 3.53. The molecule has 22 heavy (non-hydrogen) atoms. The number of rotatable bonds is 4. The van der Waals surface area contributed by atoms with Crippen LogP contribution >= 0.6 is 11.3 Å². The van der Waals surface area contributed by atoms with Crippen LogP contribution in [0, 0.1) is 0 Å². The van der Waals surface area contributed by atoms with Crippen molar-refractivity contribution in [3.05, 3.63) is 52.7 Å². The maximum Gasteiger partial charge on any atom is 0.242 e. The van der Waals surface area contributed by atoms with Crippen molar-refractivity contribution in [2.24, 2.45) is 0 Å². The predicted octanol–water partition coefficient (Wildman–Crippen LogP) is 1.86. The van der Waals surface area contributed by atoms with Gasteiger partial charge in [-0.05, 0) is 23.6 Å². The maximum atomic E-state index is 12.2. The zero-order valence-corrected chi connectivity index (χ0v) is 12.8. The first-order chi connectivity index (χ1) is 10.7. The molecule has 0 bridgehead atoms. The topological polar surface area (TPSA) is 61.4 Å². The van der Waals surface area contributed by atoms with E-state index >= 15 is 0 Å². The average Bonchev–Trinajstić information content (AvgIpc) is 3.02. The molecule has 1 saturated heterocycles. The molecule has 1 atom stereocenters. The van der Waals surface area contributed by atoms with E-state index in [0.29, 0.717) is 13.1 Å². The molecular weight excluding hydrogens is 298 g/mol. The van der Waals surface area contributed by atoms with Gasteiger partial charge in [0.2, 0.25) is 11.8 Å². The van der Waals surface area contributed by atoms with Crippen molar-refractivity contribution in [2.75, 3.05) is 25.0 Å². The van der Waals surface area contributed by atoms with Crippen molar-refractivity contribution in [3.63, 3.8) is 0 Å². The summed E-state index contributed by atoms with van der Waals surface area (Å²) in [7, 11) is 0. The van der Waals surface area contributed by atoms with Gasteiger partial charge in [-0.25, -0.2) is 0 Å². The number of thiophene rings is 1. The Labute approximate surface area is 132 Å². The van der Waals surface area contributed by atoms with Crippen LogP contribution in [0.15, 0.2) is 47.8 Å². The Balaban J connectivity index is 1.69. The van der Waals surface area contributed by atoms with Gasteiger partial charge in [-0.15, -0.1) is 11.3 Å². The van der Waals surface area contributed by atoms with Gasteiger partial charge in [0.05, 0.1) is 6.54 Å². The van der Waals surface area contributed by atoms with Crippen molar-refractivity contribution in [2.45, 2.75) is 6.04 Å². The highest BCUT2D eigenvalue weighted by Crippen LogP contribution is 2.26. The minimum Gasteiger partial charge on any atom is -0.353 e. The third kappa shape index (κ3) is 3.35. The molecule has 0 radical (unpaired) electrons. The quantitative estimate of drug-likeness (QED) is 0.905. The number of hydrogen-bond acceptors (Lipinski definition) is 4. The van der Waals surface area contributed by atoms with E-state index in [-0.39, 0.29) is 24.4 Å². The zero-order chi connectivity index (χ0) is 15.4. The van der Waals surface area contributed by atoms with Crippen LogP contribution in [0.1, 0.15) is 10.9 Å². The van der Waals surface area contributed by atoms with Crippen LogP contribution in [0.4, 0.5) is 5.69 Å². The summed E-state index contributed by atoms with van der Waals surface area (Å²) in [6.07, 6.45) is 0. The average molecular weight is 315 g/mol. The lowest BCUT2D eigenvalue weighted by molar-refractivity contribution is -0.130. The molecule has 0 spiro atoms. The van der Waals surface area contributed by atoms with Gasteiger partial charge in [-0.3, -0.25) is 14.5 Å². The van der Waals surface area contributed by atoms with E-state index in [0.717, 1.165) is 10.6 Å². The number of benzene rings is 1. The summed E-state index contributed by atoms with van der Waals surface area (Å²) < 4.78 is 0. The lowest BCUT2D eigenvalue weighted by atomic mass is 10.1. The number of nitrogens with zero attached hydrogens (tertiary/aromatic N) is 1. The smallest absolute Gasteiger partial charge is 0.242 e. The van der Waals surface area contributed by atoms with E-state index in [4.69, 9.17) is 0 Å². The number of carbonyl (C=O) groups is 2. The molecule has 0 aliphatic carbocycles. The molecular formula is C16H17N3O2S. The Hall–Kier alpha value is -2.18. The second-order valence-electron chi connectivity index (χ2n) is 5.09. The van der Waals surface area contributed by atoms with Crippen LogP contribution in [0.25, 0.3) is 0 Å². The predicted molar refractivity (Wildman–Crippen MR) is 86.7 cm³/mol. The second kappa shape index (κ2) is 6.72. The number of hydrogen-bond donors (Lipinski definition) is 2. The minimum absolute atomic E-state index is 0.0405. The van der Waals surface area contributed by atoms with Crippen molar-refractivity contribution in [3.8, 4) is 0 Å². The Morgan fingerprint density at radius 1 is 1.27 bits per heavy atom. The zero-order valence-electron chi connectivity index (χ0n) is 12.0. The largest absolute Gasteiger partial charge is 0.353 e. The molecule has 2 heterocycles. The highest BCUT2D eigenvalue weighted by molar-refractivity contribution is 7.10. The first kappa shape index (κ1) is 14.7. The van der Waals surface area contributed by atoms with Crippen LogP contribution < -0.4 is 10.6 Å². The first-order valence-electron chi connectivity index (χ1n) is 7.14. The Morgan fingerprint density at radius 3 is 2.82 bits per heavy atom. The summed E-state index contributed by atoms with van der Waals surface area (Å²) >= 11 is 1.53. The molecule has 2 aromatic rings. The van der Waals surface area contributed by atoms with Crippen molar-refractivity contribution >= 4 is 28.8 Å². The number of carbonyl (C=O) groups excluding carboxylic acids is 2. The molecule has 0 unspecified atom stereocenters. The first-order valence-corrected chi connectivity index (χ1v) is 8.02. The number of para-hydroxylation sites is 1. The monoisotopic (exact) mass is 315 g/mol. The van der Waals surface area contributed by atoms with Gasteiger partial charge in [0, 0.05) is 23.7 Å². The minimum atomic E-state index is -0.379. The molecule has 1 aromatic heterocycles. The number of nitrogens with one attached hydrogen (secondary N) is 2. The lowest BCUT2D eigenvalue weighted by Crippen LogP contribution is -2.51. The molecule has 114 valence electrons. The van der Waals surface area contributed by atoms with Crippen LogP contribution in [0.5, 0.6) is 0 Å². The van der Waals surface area contributed by atoms with Gasteiger partial charge in [-0.1, -0.05) is 24.3 Å². The van der Waals surface area contributed by atoms with Gasteiger partial charge in [0.25, 0.3) is 0 Å². The third-order valence-corrected chi connectivity index (χ3v) is 4.45. The highest BCUT2D eigenvalue weighted by Gasteiger charge is 2.32. The van der Waals surface area contributed by atoms with Crippen molar-refractivity contribution < 1.29 is 9.59 Å². The summed E-state index contributed by atoms with van der Waals surface area (Å²) in [5, 5.41) is 7.67. The van der Waals surface area contributed by atoms with Crippen LogP contribution in [-0.2, 0) is 9.59 Å². The Bertz CT molecular complexity index is 643. The molecule has 1 aliphatic heterocycles.